The minimum Gasteiger partial charge on any atom is -0.481 e. The van der Waals surface area contributed by atoms with Crippen molar-refractivity contribution in [2.45, 2.75) is 33.8 Å². The quantitative estimate of drug-likeness (QED) is 0.791. The van der Waals surface area contributed by atoms with Crippen LogP contribution in [0.4, 0.5) is 5.69 Å². The first-order valence-corrected chi connectivity index (χ1v) is 8.52. The molecule has 2 aromatic carbocycles. The lowest BCUT2D eigenvalue weighted by Crippen LogP contribution is -2.32. The standard InChI is InChI=1S/C21H22N2O4/c1-13-9-14(2)20(15(3)10-13)23-21(25)16(4)27-19(24)12-26-18-8-6-5-7-17(18)11-22/h5-10,16H,12H2,1-4H3,(H,23,25)/t16-/m1/s1. The molecule has 27 heavy (non-hydrogen) atoms. The molecule has 0 heterocycles. The fourth-order valence-corrected chi connectivity index (χ4v) is 2.71. The van der Waals surface area contributed by atoms with Crippen molar-refractivity contribution in [2.24, 2.45) is 0 Å². The molecule has 0 aliphatic heterocycles. The summed E-state index contributed by atoms with van der Waals surface area (Å²) in [6, 6.07) is 12.5. The molecule has 0 saturated carbocycles. The van der Waals surface area contributed by atoms with Gasteiger partial charge in [-0.2, -0.15) is 5.26 Å². The SMILES string of the molecule is Cc1cc(C)c(NC(=O)[C@@H](C)OC(=O)COc2ccccc2C#N)c(C)c1. The minimum atomic E-state index is -0.979. The predicted octanol–water partition coefficient (Wildman–Crippen LogP) is 3.43. The van der Waals surface area contributed by atoms with Crippen molar-refractivity contribution in [2.75, 3.05) is 11.9 Å². The van der Waals surface area contributed by atoms with Gasteiger partial charge in [-0.3, -0.25) is 4.79 Å². The van der Waals surface area contributed by atoms with E-state index in [1.807, 2.05) is 39.0 Å². The summed E-state index contributed by atoms with van der Waals surface area (Å²) in [5, 5.41) is 11.8. The number of para-hydroxylation sites is 1. The first kappa shape index (κ1) is 20.0. The van der Waals surface area contributed by atoms with E-state index in [0.717, 1.165) is 16.7 Å². The summed E-state index contributed by atoms with van der Waals surface area (Å²) in [5.74, 6) is -0.821. The Morgan fingerprint density at radius 2 is 1.78 bits per heavy atom. The fraction of sp³-hybridized carbons (Fsp3) is 0.286. The minimum absolute atomic E-state index is 0.292. The van der Waals surface area contributed by atoms with Gasteiger partial charge in [0.25, 0.3) is 5.91 Å². The van der Waals surface area contributed by atoms with E-state index in [9.17, 15) is 9.59 Å². The van der Waals surface area contributed by atoms with Crippen molar-refractivity contribution in [3.05, 3.63) is 58.7 Å². The highest BCUT2D eigenvalue weighted by atomic mass is 16.6. The normalized spacial score (nSPS) is 11.2. The van der Waals surface area contributed by atoms with Crippen LogP contribution < -0.4 is 10.1 Å². The van der Waals surface area contributed by atoms with Gasteiger partial charge in [0.2, 0.25) is 0 Å². The Hall–Kier alpha value is -3.33. The fourth-order valence-electron chi connectivity index (χ4n) is 2.71. The van der Waals surface area contributed by atoms with Crippen molar-refractivity contribution >= 4 is 17.6 Å². The molecule has 6 heteroatoms. The number of esters is 1. The van der Waals surface area contributed by atoms with E-state index >= 15 is 0 Å². The van der Waals surface area contributed by atoms with Crippen LogP contribution in [0, 0.1) is 32.1 Å². The Morgan fingerprint density at radius 1 is 1.15 bits per heavy atom. The third-order valence-corrected chi connectivity index (χ3v) is 3.96. The first-order chi connectivity index (χ1) is 12.8. The Labute approximate surface area is 158 Å². The number of benzene rings is 2. The largest absolute Gasteiger partial charge is 0.481 e. The molecule has 0 bridgehead atoms. The zero-order valence-corrected chi connectivity index (χ0v) is 15.8. The molecule has 0 aromatic heterocycles. The van der Waals surface area contributed by atoms with E-state index in [0.29, 0.717) is 17.0 Å². The Morgan fingerprint density at radius 3 is 2.41 bits per heavy atom. The Kier molecular flexibility index (Phi) is 6.56. The summed E-state index contributed by atoms with van der Waals surface area (Å²) >= 11 is 0. The van der Waals surface area contributed by atoms with Gasteiger partial charge in [0, 0.05) is 5.69 Å². The maximum atomic E-state index is 12.3. The average molecular weight is 366 g/mol. The number of nitriles is 1. The van der Waals surface area contributed by atoms with Gasteiger partial charge in [-0.05, 0) is 51.0 Å². The van der Waals surface area contributed by atoms with E-state index in [4.69, 9.17) is 14.7 Å². The van der Waals surface area contributed by atoms with E-state index < -0.39 is 18.0 Å². The maximum absolute atomic E-state index is 12.3. The summed E-state index contributed by atoms with van der Waals surface area (Å²) in [6.45, 7) is 6.91. The van der Waals surface area contributed by atoms with Gasteiger partial charge in [0.1, 0.15) is 11.8 Å². The topological polar surface area (TPSA) is 88.4 Å². The molecule has 1 N–H and O–H groups in total. The molecule has 0 aliphatic rings. The van der Waals surface area contributed by atoms with E-state index in [2.05, 4.69) is 5.32 Å². The average Bonchev–Trinajstić information content (AvgIpc) is 2.62. The van der Waals surface area contributed by atoms with Crippen LogP contribution in [0.25, 0.3) is 0 Å². The molecule has 1 atom stereocenters. The van der Waals surface area contributed by atoms with Crippen molar-refractivity contribution in [1.82, 2.24) is 0 Å². The molecule has 1 amide bonds. The third kappa shape index (κ3) is 5.32. The second kappa shape index (κ2) is 8.86. The monoisotopic (exact) mass is 366 g/mol. The molecule has 6 nitrogen and oxygen atoms in total. The van der Waals surface area contributed by atoms with E-state index in [1.54, 1.807) is 24.3 Å². The van der Waals surface area contributed by atoms with Crippen molar-refractivity contribution in [3.8, 4) is 11.8 Å². The lowest BCUT2D eigenvalue weighted by molar-refractivity contribution is -0.155. The number of anilines is 1. The number of rotatable bonds is 6. The smallest absolute Gasteiger partial charge is 0.344 e. The predicted molar refractivity (Wildman–Crippen MR) is 101 cm³/mol. The highest BCUT2D eigenvalue weighted by molar-refractivity contribution is 5.96. The van der Waals surface area contributed by atoms with Crippen LogP contribution in [0.1, 0.15) is 29.2 Å². The molecule has 0 aliphatic carbocycles. The number of amides is 1. The number of hydrogen-bond acceptors (Lipinski definition) is 5. The van der Waals surface area contributed by atoms with Crippen LogP contribution in [-0.4, -0.2) is 24.6 Å². The van der Waals surface area contributed by atoms with Crippen molar-refractivity contribution in [1.29, 1.82) is 5.26 Å². The zero-order chi connectivity index (χ0) is 20.0. The van der Waals surface area contributed by atoms with E-state index in [-0.39, 0.29) is 6.61 Å². The van der Waals surface area contributed by atoms with Crippen molar-refractivity contribution in [3.63, 3.8) is 0 Å². The molecule has 0 radical (unpaired) electrons. The van der Waals surface area contributed by atoms with Crippen LogP contribution in [0.15, 0.2) is 36.4 Å². The van der Waals surface area contributed by atoms with Gasteiger partial charge in [-0.1, -0.05) is 29.8 Å². The first-order valence-electron chi connectivity index (χ1n) is 8.52. The lowest BCUT2D eigenvalue weighted by atomic mass is 10.0. The number of carbonyl (C=O) groups is 2. The summed E-state index contributed by atoms with van der Waals surface area (Å²) in [7, 11) is 0. The van der Waals surface area contributed by atoms with Gasteiger partial charge in [-0.15, -0.1) is 0 Å². The van der Waals surface area contributed by atoms with Crippen LogP contribution in [-0.2, 0) is 14.3 Å². The number of nitrogens with zero attached hydrogens (tertiary/aromatic N) is 1. The number of hydrogen-bond donors (Lipinski definition) is 1. The number of ether oxygens (including phenoxy) is 2. The van der Waals surface area contributed by atoms with Crippen LogP contribution in [0.5, 0.6) is 5.75 Å². The summed E-state index contributed by atoms with van der Waals surface area (Å²) < 4.78 is 10.4. The second-order valence-corrected chi connectivity index (χ2v) is 6.29. The van der Waals surface area contributed by atoms with E-state index in [1.165, 1.54) is 6.92 Å². The van der Waals surface area contributed by atoms with Crippen LogP contribution >= 0.6 is 0 Å². The third-order valence-electron chi connectivity index (χ3n) is 3.96. The lowest BCUT2D eigenvalue weighted by Gasteiger charge is -2.17. The number of carbonyl (C=O) groups excluding carboxylic acids is 2. The second-order valence-electron chi connectivity index (χ2n) is 6.29. The number of aryl methyl sites for hydroxylation is 3. The highest BCUT2D eigenvalue weighted by Crippen LogP contribution is 2.22. The summed E-state index contributed by atoms with van der Waals surface area (Å²) in [4.78, 5) is 24.3. The van der Waals surface area contributed by atoms with Gasteiger partial charge in [-0.25, -0.2) is 4.79 Å². The number of nitrogens with one attached hydrogen (secondary N) is 1. The Bertz CT molecular complexity index is 876. The van der Waals surface area contributed by atoms with Gasteiger partial charge >= 0.3 is 5.97 Å². The molecule has 2 aromatic rings. The molecule has 0 fully saturated rings. The molecule has 140 valence electrons. The summed E-state index contributed by atoms with van der Waals surface area (Å²) in [6.07, 6.45) is -0.979. The van der Waals surface area contributed by atoms with Crippen molar-refractivity contribution < 1.29 is 19.1 Å². The Balaban J connectivity index is 1.92. The molecule has 0 unspecified atom stereocenters. The molecular formula is C21H22N2O4. The van der Waals surface area contributed by atoms with Gasteiger partial charge in [0.15, 0.2) is 12.7 Å². The molecule has 0 saturated heterocycles. The van der Waals surface area contributed by atoms with Gasteiger partial charge in [0.05, 0.1) is 5.56 Å². The zero-order valence-electron chi connectivity index (χ0n) is 15.8. The van der Waals surface area contributed by atoms with Crippen LogP contribution in [0.3, 0.4) is 0 Å². The summed E-state index contributed by atoms with van der Waals surface area (Å²) in [5.41, 5.74) is 4.03. The van der Waals surface area contributed by atoms with Gasteiger partial charge < -0.3 is 14.8 Å². The maximum Gasteiger partial charge on any atom is 0.344 e. The molecule has 2 rings (SSSR count). The molecule has 0 spiro atoms. The molecular weight excluding hydrogens is 344 g/mol. The highest BCUT2D eigenvalue weighted by Gasteiger charge is 2.20. The van der Waals surface area contributed by atoms with Crippen LogP contribution in [0.2, 0.25) is 0 Å².